The first-order chi connectivity index (χ1) is 11.2. The van der Waals surface area contributed by atoms with Crippen molar-refractivity contribution in [2.75, 3.05) is 6.61 Å². The summed E-state index contributed by atoms with van der Waals surface area (Å²) in [5.74, 6) is 4.43. The molecule has 0 aromatic carbocycles. The molecule has 3 aliphatic rings. The van der Waals surface area contributed by atoms with Gasteiger partial charge in [-0.25, -0.2) is 0 Å². The van der Waals surface area contributed by atoms with Crippen LogP contribution in [0.15, 0.2) is 23.8 Å². The fraction of sp³-hybridized carbons (Fsp3) is 0.818. The van der Waals surface area contributed by atoms with Gasteiger partial charge in [0.15, 0.2) is 0 Å². The molecule has 23 heavy (non-hydrogen) atoms. The molecule has 0 aromatic heterocycles. The van der Waals surface area contributed by atoms with Crippen LogP contribution in [0.5, 0.6) is 0 Å². The van der Waals surface area contributed by atoms with E-state index < -0.39 is 0 Å². The van der Waals surface area contributed by atoms with Crippen LogP contribution in [0.25, 0.3) is 0 Å². The number of rotatable bonds is 3. The van der Waals surface area contributed by atoms with Gasteiger partial charge in [0.05, 0.1) is 0 Å². The quantitative estimate of drug-likeness (QED) is 0.643. The predicted molar refractivity (Wildman–Crippen MR) is 98.2 cm³/mol. The molecule has 0 radical (unpaired) electrons. The number of hydrogen-bond acceptors (Lipinski definition) is 1. The minimum atomic E-state index is 0.334. The van der Waals surface area contributed by atoms with Gasteiger partial charge in [-0.1, -0.05) is 50.0 Å². The molecule has 5 atom stereocenters. The van der Waals surface area contributed by atoms with Crippen LogP contribution < -0.4 is 0 Å². The summed E-state index contributed by atoms with van der Waals surface area (Å²) in [6.07, 6.45) is 17.0. The molecule has 0 heterocycles. The van der Waals surface area contributed by atoms with E-state index in [9.17, 15) is 5.11 Å². The molecule has 130 valence electrons. The fourth-order valence-corrected chi connectivity index (χ4v) is 5.57. The summed E-state index contributed by atoms with van der Waals surface area (Å²) in [4.78, 5) is 0. The van der Waals surface area contributed by atoms with Crippen LogP contribution in [0.3, 0.4) is 0 Å². The van der Waals surface area contributed by atoms with E-state index in [4.69, 9.17) is 0 Å². The first kappa shape index (κ1) is 17.3. The van der Waals surface area contributed by atoms with Gasteiger partial charge in [-0.3, -0.25) is 0 Å². The van der Waals surface area contributed by atoms with E-state index in [-0.39, 0.29) is 0 Å². The van der Waals surface area contributed by atoms with Gasteiger partial charge in [0, 0.05) is 6.61 Å². The minimum Gasteiger partial charge on any atom is -0.396 e. The molecule has 1 heteroatoms. The molecule has 0 amide bonds. The van der Waals surface area contributed by atoms with Crippen LogP contribution in [-0.4, -0.2) is 11.7 Å². The Morgan fingerprint density at radius 3 is 2.65 bits per heavy atom. The molecule has 0 spiro atoms. The average molecular weight is 317 g/mol. The van der Waals surface area contributed by atoms with Crippen LogP contribution in [0.1, 0.15) is 77.6 Å². The summed E-state index contributed by atoms with van der Waals surface area (Å²) in [5.41, 5.74) is 3.16. The lowest BCUT2D eigenvalue weighted by atomic mass is 9.87. The Kier molecular flexibility index (Phi) is 6.01. The number of fused-ring (bicyclic) bond motifs is 2. The van der Waals surface area contributed by atoms with Crippen molar-refractivity contribution in [2.24, 2.45) is 29.6 Å². The largest absolute Gasteiger partial charge is 0.396 e. The van der Waals surface area contributed by atoms with E-state index in [2.05, 4.69) is 19.6 Å². The van der Waals surface area contributed by atoms with Gasteiger partial charge in [0.25, 0.3) is 0 Å². The van der Waals surface area contributed by atoms with Crippen molar-refractivity contribution in [3.63, 3.8) is 0 Å². The van der Waals surface area contributed by atoms with Gasteiger partial charge in [-0.2, -0.15) is 0 Å². The Balaban J connectivity index is 1.69. The molecule has 2 fully saturated rings. The van der Waals surface area contributed by atoms with Gasteiger partial charge in [0.1, 0.15) is 0 Å². The third-order valence-corrected chi connectivity index (χ3v) is 7.00. The van der Waals surface area contributed by atoms with Gasteiger partial charge in [-0.05, 0) is 81.0 Å². The Bertz CT molecular complexity index is 435. The molecule has 0 bridgehead atoms. The van der Waals surface area contributed by atoms with Crippen LogP contribution >= 0.6 is 0 Å². The molecule has 0 aromatic rings. The zero-order valence-electron chi connectivity index (χ0n) is 15.1. The van der Waals surface area contributed by atoms with E-state index in [0.717, 1.165) is 42.4 Å². The van der Waals surface area contributed by atoms with Crippen LogP contribution in [0.4, 0.5) is 0 Å². The summed E-state index contributed by atoms with van der Waals surface area (Å²) in [6, 6.07) is 0. The van der Waals surface area contributed by atoms with Crippen molar-refractivity contribution in [1.29, 1.82) is 0 Å². The Morgan fingerprint density at radius 1 is 1.13 bits per heavy atom. The Morgan fingerprint density at radius 2 is 1.87 bits per heavy atom. The maximum atomic E-state index is 9.23. The van der Waals surface area contributed by atoms with Crippen LogP contribution in [0, 0.1) is 29.6 Å². The molecule has 1 nitrogen and oxygen atoms in total. The van der Waals surface area contributed by atoms with E-state index in [0.29, 0.717) is 6.61 Å². The first-order valence-corrected chi connectivity index (χ1v) is 10.2. The number of hydrogen-bond donors (Lipinski definition) is 1. The highest BCUT2D eigenvalue weighted by Gasteiger charge is 2.47. The lowest BCUT2D eigenvalue weighted by molar-refractivity contribution is 0.287. The summed E-state index contributed by atoms with van der Waals surface area (Å²) in [7, 11) is 0. The maximum absolute atomic E-state index is 9.23. The van der Waals surface area contributed by atoms with Crippen molar-refractivity contribution in [3.8, 4) is 0 Å². The normalized spacial score (nSPS) is 40.9. The van der Waals surface area contributed by atoms with Crippen molar-refractivity contribution in [1.82, 2.24) is 0 Å². The molecule has 3 rings (SSSR count). The van der Waals surface area contributed by atoms with Crippen molar-refractivity contribution in [3.05, 3.63) is 23.8 Å². The second kappa shape index (κ2) is 8.01. The summed E-state index contributed by atoms with van der Waals surface area (Å²) < 4.78 is 0. The fourth-order valence-electron chi connectivity index (χ4n) is 5.57. The molecule has 0 saturated heterocycles. The Labute approximate surface area is 143 Å². The van der Waals surface area contributed by atoms with E-state index in [1.54, 1.807) is 5.57 Å². The first-order valence-electron chi connectivity index (χ1n) is 10.2. The van der Waals surface area contributed by atoms with Gasteiger partial charge >= 0.3 is 0 Å². The molecular formula is C22H36O. The third kappa shape index (κ3) is 4.29. The molecule has 5 unspecified atom stereocenters. The third-order valence-electron chi connectivity index (χ3n) is 7.00. The second-order valence-electron chi connectivity index (χ2n) is 8.53. The Hall–Kier alpha value is -0.560. The topological polar surface area (TPSA) is 20.2 Å². The highest BCUT2D eigenvalue weighted by Crippen LogP contribution is 2.55. The molecule has 0 aliphatic heterocycles. The molecule has 3 aliphatic carbocycles. The standard InChI is InChI=1S/C22H36O/c1-16-7-3-8-18-9-4-10-19(18)11-5-12-20(13-6-14-23)22-17(2)21(22)15-16/h12,17-19,21-23H,1,3-11,13-15H2,2H3/b20-12-. The van der Waals surface area contributed by atoms with Crippen LogP contribution in [0.2, 0.25) is 0 Å². The van der Waals surface area contributed by atoms with Crippen molar-refractivity contribution >= 4 is 0 Å². The highest BCUT2D eigenvalue weighted by molar-refractivity contribution is 5.21. The lowest BCUT2D eigenvalue weighted by Gasteiger charge is -2.19. The number of aliphatic hydroxyl groups is 1. The summed E-state index contributed by atoms with van der Waals surface area (Å²) in [5, 5.41) is 9.23. The monoisotopic (exact) mass is 316 g/mol. The SMILES string of the molecule is C=C1CCCC2CCCC2CC/C=C(/CCCO)C2C(C)C2C1. The van der Waals surface area contributed by atoms with Crippen molar-refractivity contribution < 1.29 is 5.11 Å². The van der Waals surface area contributed by atoms with Gasteiger partial charge in [0.2, 0.25) is 0 Å². The van der Waals surface area contributed by atoms with E-state index in [1.807, 2.05) is 0 Å². The molecule has 2 saturated carbocycles. The van der Waals surface area contributed by atoms with Crippen molar-refractivity contribution in [2.45, 2.75) is 77.6 Å². The second-order valence-corrected chi connectivity index (χ2v) is 8.53. The van der Waals surface area contributed by atoms with E-state index in [1.165, 1.54) is 63.4 Å². The molecule has 1 N–H and O–H groups in total. The highest BCUT2D eigenvalue weighted by atomic mass is 16.2. The van der Waals surface area contributed by atoms with Gasteiger partial charge in [-0.15, -0.1) is 0 Å². The minimum absolute atomic E-state index is 0.334. The maximum Gasteiger partial charge on any atom is 0.0434 e. The average Bonchev–Trinajstić information content (AvgIpc) is 2.95. The number of allylic oxidation sites excluding steroid dienone is 3. The predicted octanol–water partition coefficient (Wildman–Crippen LogP) is 5.89. The summed E-state index contributed by atoms with van der Waals surface area (Å²) >= 11 is 0. The molecular weight excluding hydrogens is 280 g/mol. The van der Waals surface area contributed by atoms with E-state index >= 15 is 0 Å². The smallest absolute Gasteiger partial charge is 0.0434 e. The zero-order chi connectivity index (χ0) is 16.2. The number of aliphatic hydroxyl groups excluding tert-OH is 1. The van der Waals surface area contributed by atoms with Crippen LogP contribution in [-0.2, 0) is 0 Å². The lowest BCUT2D eigenvalue weighted by Crippen LogP contribution is -2.08. The summed E-state index contributed by atoms with van der Waals surface area (Å²) in [6.45, 7) is 7.15. The zero-order valence-corrected chi connectivity index (χ0v) is 15.1. The van der Waals surface area contributed by atoms with Gasteiger partial charge < -0.3 is 5.11 Å².